The second-order valence-electron chi connectivity index (χ2n) is 9.96. The van der Waals surface area contributed by atoms with Crippen LogP contribution in [0.25, 0.3) is 0 Å². The number of rotatable bonds is 10. The maximum absolute atomic E-state index is 13.9. The summed E-state index contributed by atoms with van der Waals surface area (Å²) in [6.07, 6.45) is 0.752. The van der Waals surface area contributed by atoms with Crippen LogP contribution >= 0.6 is 34.8 Å². The Labute approximate surface area is 253 Å². The lowest BCUT2D eigenvalue weighted by molar-refractivity contribution is -0.140. The van der Waals surface area contributed by atoms with E-state index in [1.54, 1.807) is 19.1 Å². The van der Waals surface area contributed by atoms with Crippen LogP contribution < -0.4 is 9.62 Å². The summed E-state index contributed by atoms with van der Waals surface area (Å²) >= 11 is 18.5. The highest BCUT2D eigenvalue weighted by atomic mass is 35.5. The van der Waals surface area contributed by atoms with E-state index in [-0.39, 0.29) is 29.1 Å². The zero-order chi connectivity index (χ0) is 30.5. The predicted octanol–water partition coefficient (Wildman–Crippen LogP) is 6.69. The van der Waals surface area contributed by atoms with Gasteiger partial charge in [0.2, 0.25) is 21.8 Å². The molecule has 2 aromatic carbocycles. The number of alkyl halides is 3. The van der Waals surface area contributed by atoms with E-state index in [1.807, 2.05) is 0 Å². The van der Waals surface area contributed by atoms with Gasteiger partial charge in [-0.3, -0.25) is 13.9 Å². The van der Waals surface area contributed by atoms with E-state index in [2.05, 4.69) is 5.32 Å². The minimum atomic E-state index is -4.78. The number of benzene rings is 2. The van der Waals surface area contributed by atoms with E-state index in [0.717, 1.165) is 44.4 Å². The minimum Gasteiger partial charge on any atom is -0.352 e. The molecule has 1 atom stereocenters. The predicted molar refractivity (Wildman–Crippen MR) is 155 cm³/mol. The van der Waals surface area contributed by atoms with Crippen LogP contribution in [0.3, 0.4) is 0 Å². The van der Waals surface area contributed by atoms with Crippen LogP contribution in [0, 0.1) is 0 Å². The minimum absolute atomic E-state index is 0.0576. The summed E-state index contributed by atoms with van der Waals surface area (Å²) in [5.41, 5.74) is -1.21. The molecule has 0 spiro atoms. The van der Waals surface area contributed by atoms with Crippen molar-refractivity contribution in [2.45, 2.75) is 70.3 Å². The second kappa shape index (κ2) is 13.8. The van der Waals surface area contributed by atoms with Crippen LogP contribution in [0.2, 0.25) is 15.1 Å². The van der Waals surface area contributed by atoms with Gasteiger partial charge in [0.1, 0.15) is 12.6 Å². The lowest BCUT2D eigenvalue weighted by Gasteiger charge is -2.34. The van der Waals surface area contributed by atoms with Crippen LogP contribution in [0.1, 0.15) is 56.6 Å². The molecule has 0 saturated heterocycles. The van der Waals surface area contributed by atoms with Crippen LogP contribution in [0.5, 0.6) is 0 Å². The zero-order valence-corrected chi connectivity index (χ0v) is 25.6. The number of halogens is 6. The molecule has 7 nitrogen and oxygen atoms in total. The lowest BCUT2D eigenvalue weighted by atomic mass is 9.95. The highest BCUT2D eigenvalue weighted by Gasteiger charge is 2.36. The first-order valence-electron chi connectivity index (χ1n) is 13.0. The number of amides is 2. The van der Waals surface area contributed by atoms with Gasteiger partial charge in [0, 0.05) is 22.6 Å². The van der Waals surface area contributed by atoms with Gasteiger partial charge in [0.25, 0.3) is 0 Å². The normalized spacial score (nSPS) is 15.3. The molecule has 41 heavy (non-hydrogen) atoms. The number of nitrogens with one attached hydrogen (secondary N) is 1. The Balaban J connectivity index is 2.01. The molecule has 0 radical (unpaired) electrons. The van der Waals surface area contributed by atoms with Gasteiger partial charge in [-0.1, -0.05) is 67.1 Å². The Morgan fingerprint density at radius 3 is 2.24 bits per heavy atom. The molecule has 0 heterocycles. The number of carbonyl (C=O) groups excluding carboxylic acids is 2. The van der Waals surface area contributed by atoms with Crippen LogP contribution in [-0.2, 0) is 32.3 Å². The van der Waals surface area contributed by atoms with Crippen LogP contribution in [0.15, 0.2) is 36.4 Å². The summed E-state index contributed by atoms with van der Waals surface area (Å²) < 4.78 is 66.4. The molecule has 1 aliphatic carbocycles. The molecule has 1 saturated carbocycles. The molecule has 0 bridgehead atoms. The maximum atomic E-state index is 13.9. The fraction of sp³-hybridized carbons (Fsp3) is 0.481. The quantitative estimate of drug-likeness (QED) is 0.309. The van der Waals surface area contributed by atoms with Gasteiger partial charge < -0.3 is 10.2 Å². The first-order valence-corrected chi connectivity index (χ1v) is 16.0. The first-order chi connectivity index (χ1) is 19.1. The van der Waals surface area contributed by atoms with Gasteiger partial charge in [0.15, 0.2) is 0 Å². The van der Waals surface area contributed by atoms with Gasteiger partial charge in [0.05, 0.1) is 22.5 Å². The fourth-order valence-electron chi connectivity index (χ4n) is 4.77. The number of hydrogen-bond acceptors (Lipinski definition) is 4. The molecular formula is C27H31Cl3F3N3O4S. The molecule has 0 aliphatic heterocycles. The molecule has 1 aliphatic rings. The third kappa shape index (κ3) is 8.89. The third-order valence-corrected chi connectivity index (χ3v) is 8.95. The molecule has 1 N–H and O–H groups in total. The smallest absolute Gasteiger partial charge is 0.352 e. The van der Waals surface area contributed by atoms with Crippen molar-refractivity contribution in [2.24, 2.45) is 0 Å². The lowest BCUT2D eigenvalue weighted by Crippen LogP contribution is -2.54. The van der Waals surface area contributed by atoms with Crippen molar-refractivity contribution in [3.05, 3.63) is 62.6 Å². The number of anilines is 1. The molecule has 226 valence electrons. The van der Waals surface area contributed by atoms with Crippen molar-refractivity contribution in [1.82, 2.24) is 10.2 Å². The van der Waals surface area contributed by atoms with Crippen LogP contribution in [0.4, 0.5) is 18.9 Å². The molecule has 1 unspecified atom stereocenters. The van der Waals surface area contributed by atoms with Gasteiger partial charge >= 0.3 is 6.18 Å². The van der Waals surface area contributed by atoms with Gasteiger partial charge in [-0.2, -0.15) is 13.2 Å². The van der Waals surface area contributed by atoms with Crippen molar-refractivity contribution in [3.63, 3.8) is 0 Å². The average molecular weight is 657 g/mol. The number of carbonyl (C=O) groups is 2. The molecule has 0 aromatic heterocycles. The van der Waals surface area contributed by atoms with Gasteiger partial charge in [-0.05, 0) is 55.2 Å². The summed E-state index contributed by atoms with van der Waals surface area (Å²) in [7, 11) is -4.30. The number of sulfonamides is 1. The largest absolute Gasteiger partial charge is 0.416 e. The number of nitrogens with zero attached hydrogens (tertiary/aromatic N) is 2. The molecule has 14 heteroatoms. The third-order valence-electron chi connectivity index (χ3n) is 6.91. The van der Waals surface area contributed by atoms with Crippen molar-refractivity contribution < 1.29 is 31.2 Å². The van der Waals surface area contributed by atoms with E-state index in [0.29, 0.717) is 27.0 Å². The standard InChI is InChI=1S/C27H31Cl3F3N3O4S/c1-3-23(26(38)34-20-7-5-4-6-8-20)35(15-17-9-11-19(28)14-22(17)30)25(37)16-36(41(2,39)40)24-13-18(27(31,32)33)10-12-21(24)29/h9-14,20,23H,3-8,15-16H2,1-2H3,(H,34,38). The topological polar surface area (TPSA) is 86.8 Å². The van der Waals surface area contributed by atoms with E-state index >= 15 is 0 Å². The fourth-order valence-corrected chi connectivity index (χ4v) is 6.36. The summed E-state index contributed by atoms with van der Waals surface area (Å²) in [5, 5.41) is 3.27. The zero-order valence-electron chi connectivity index (χ0n) is 22.5. The highest BCUT2D eigenvalue weighted by Crippen LogP contribution is 2.36. The van der Waals surface area contributed by atoms with E-state index in [1.165, 1.54) is 11.0 Å². The number of hydrogen-bond donors (Lipinski definition) is 1. The summed E-state index contributed by atoms with van der Waals surface area (Å²) in [6.45, 7) is 0.616. The molecule has 3 rings (SSSR count). The molecule has 2 amide bonds. The van der Waals surface area contributed by atoms with Crippen molar-refractivity contribution >= 4 is 62.3 Å². The van der Waals surface area contributed by atoms with Gasteiger partial charge in [-0.25, -0.2) is 8.42 Å². The average Bonchev–Trinajstić information content (AvgIpc) is 2.88. The van der Waals surface area contributed by atoms with E-state index in [9.17, 15) is 31.2 Å². The maximum Gasteiger partial charge on any atom is 0.416 e. The van der Waals surface area contributed by atoms with Crippen LogP contribution in [-0.4, -0.2) is 50.0 Å². The Hall–Kier alpha value is -2.21. The van der Waals surface area contributed by atoms with E-state index in [4.69, 9.17) is 34.8 Å². The Morgan fingerprint density at radius 1 is 1.02 bits per heavy atom. The second-order valence-corrected chi connectivity index (χ2v) is 13.1. The first kappa shape index (κ1) is 33.3. The van der Waals surface area contributed by atoms with Crippen molar-refractivity contribution in [1.29, 1.82) is 0 Å². The SMILES string of the molecule is CCC(C(=O)NC1CCCCC1)N(Cc1ccc(Cl)cc1Cl)C(=O)CN(c1cc(C(F)(F)F)ccc1Cl)S(C)(=O)=O. The molecular weight excluding hydrogens is 626 g/mol. The Kier molecular flexibility index (Phi) is 11.2. The Bertz CT molecular complexity index is 1370. The summed E-state index contributed by atoms with van der Waals surface area (Å²) in [5.74, 6) is -1.25. The summed E-state index contributed by atoms with van der Waals surface area (Å²) in [4.78, 5) is 28.5. The monoisotopic (exact) mass is 655 g/mol. The molecule has 1 fully saturated rings. The Morgan fingerprint density at radius 2 is 1.68 bits per heavy atom. The molecule has 2 aromatic rings. The summed E-state index contributed by atoms with van der Waals surface area (Å²) in [6, 6.07) is 5.73. The van der Waals surface area contributed by atoms with Gasteiger partial charge in [-0.15, -0.1) is 0 Å². The van der Waals surface area contributed by atoms with E-state index < -0.39 is 51.9 Å². The van der Waals surface area contributed by atoms with Crippen molar-refractivity contribution in [3.8, 4) is 0 Å². The van der Waals surface area contributed by atoms with Crippen molar-refractivity contribution in [2.75, 3.05) is 17.1 Å². The highest BCUT2D eigenvalue weighted by molar-refractivity contribution is 7.92.